The molecular formula is C13H20O2. The van der Waals surface area contributed by atoms with Crippen LogP contribution in [0.1, 0.15) is 41.5 Å². The molecule has 0 rings (SSSR count). The number of carbonyl (C=O) groups excluding carboxylic acids is 1. The summed E-state index contributed by atoms with van der Waals surface area (Å²) in [6, 6.07) is 0. The van der Waals surface area contributed by atoms with Crippen molar-refractivity contribution in [1.82, 2.24) is 0 Å². The zero-order chi connectivity index (χ0) is 12.1. The molecule has 0 atom stereocenters. The lowest BCUT2D eigenvalue weighted by Gasteiger charge is -2.17. The van der Waals surface area contributed by atoms with Gasteiger partial charge in [0.2, 0.25) is 0 Å². The van der Waals surface area contributed by atoms with Crippen molar-refractivity contribution in [1.29, 1.82) is 0 Å². The third-order valence-electron chi connectivity index (χ3n) is 1.16. The largest absolute Gasteiger partial charge is 0.457 e. The summed E-state index contributed by atoms with van der Waals surface area (Å²) in [6.07, 6.45) is 2.88. The van der Waals surface area contributed by atoms with E-state index in [0.717, 1.165) is 0 Å². The van der Waals surface area contributed by atoms with Crippen molar-refractivity contribution < 1.29 is 9.53 Å². The van der Waals surface area contributed by atoms with E-state index >= 15 is 0 Å². The molecule has 0 saturated carbocycles. The molecule has 0 aromatic rings. The van der Waals surface area contributed by atoms with Gasteiger partial charge in [0.25, 0.3) is 0 Å². The Morgan fingerprint density at radius 2 is 1.67 bits per heavy atom. The van der Waals surface area contributed by atoms with E-state index in [9.17, 15) is 4.79 Å². The number of hydrogen-bond acceptors (Lipinski definition) is 2. The first kappa shape index (κ1) is 13.8. The quantitative estimate of drug-likeness (QED) is 0.376. The molecule has 0 aromatic carbocycles. The van der Waals surface area contributed by atoms with E-state index in [2.05, 4.69) is 11.8 Å². The number of ether oxygens (including phenoxy) is 1. The van der Waals surface area contributed by atoms with Gasteiger partial charge < -0.3 is 4.74 Å². The lowest BCUT2D eigenvalue weighted by atomic mass is 9.98. The van der Waals surface area contributed by atoms with Crippen molar-refractivity contribution >= 4 is 5.97 Å². The average molecular weight is 208 g/mol. The van der Waals surface area contributed by atoms with Crippen molar-refractivity contribution in [3.63, 3.8) is 0 Å². The summed E-state index contributed by atoms with van der Waals surface area (Å²) < 4.78 is 5.08. The first-order valence-corrected chi connectivity index (χ1v) is 5.02. The molecule has 0 amide bonds. The number of hydrogen-bond donors (Lipinski definition) is 0. The second kappa shape index (κ2) is 5.02. The highest BCUT2D eigenvalue weighted by molar-refractivity contribution is 5.82. The highest BCUT2D eigenvalue weighted by Gasteiger charge is 2.13. The summed E-state index contributed by atoms with van der Waals surface area (Å²) in [7, 11) is 0. The predicted molar refractivity (Wildman–Crippen MR) is 62.2 cm³/mol. The van der Waals surface area contributed by atoms with Crippen molar-refractivity contribution in [3.8, 4) is 11.8 Å². The van der Waals surface area contributed by atoms with Crippen LogP contribution >= 0.6 is 0 Å². The molecule has 0 radical (unpaired) electrons. The summed E-state index contributed by atoms with van der Waals surface area (Å²) in [5, 5.41) is 0. The predicted octanol–water partition coefficient (Wildman–Crippen LogP) is 2.93. The van der Waals surface area contributed by atoms with Gasteiger partial charge in [-0.2, -0.15) is 0 Å². The maximum atomic E-state index is 11.2. The second-order valence-corrected chi connectivity index (χ2v) is 5.39. The van der Waals surface area contributed by atoms with Gasteiger partial charge in [-0.05, 0) is 47.6 Å². The van der Waals surface area contributed by atoms with E-state index in [4.69, 9.17) is 4.74 Å². The molecular weight excluding hydrogens is 188 g/mol. The summed E-state index contributed by atoms with van der Waals surface area (Å²) in [6.45, 7) is 11.5. The number of rotatable bonds is 1. The summed E-state index contributed by atoms with van der Waals surface area (Å²) in [5.74, 6) is 5.45. The van der Waals surface area contributed by atoms with Crippen LogP contribution in [-0.2, 0) is 9.53 Å². The Balaban J connectivity index is 4.19. The Bertz CT molecular complexity index is 300. The van der Waals surface area contributed by atoms with E-state index in [0.29, 0.717) is 0 Å². The Morgan fingerprint density at radius 1 is 1.13 bits per heavy atom. The summed E-state index contributed by atoms with van der Waals surface area (Å²) in [4.78, 5) is 11.2. The lowest BCUT2D eigenvalue weighted by molar-refractivity contribution is -0.148. The average Bonchev–Trinajstić information content (AvgIpc) is 1.92. The van der Waals surface area contributed by atoms with Crippen molar-refractivity contribution in [2.75, 3.05) is 0 Å². The minimum Gasteiger partial charge on any atom is -0.457 e. The molecule has 0 N–H and O–H groups in total. The topological polar surface area (TPSA) is 26.3 Å². The van der Waals surface area contributed by atoms with E-state index in [1.165, 1.54) is 12.2 Å². The molecule has 0 spiro atoms. The maximum Gasteiger partial charge on any atom is 0.331 e. The van der Waals surface area contributed by atoms with Gasteiger partial charge in [0.15, 0.2) is 0 Å². The van der Waals surface area contributed by atoms with Gasteiger partial charge >= 0.3 is 5.97 Å². The fourth-order valence-electron chi connectivity index (χ4n) is 0.704. The molecule has 0 aliphatic carbocycles. The molecule has 0 saturated heterocycles. The molecule has 0 aliphatic rings. The molecule has 84 valence electrons. The summed E-state index contributed by atoms with van der Waals surface area (Å²) in [5.41, 5.74) is -0.489. The van der Waals surface area contributed by atoms with Gasteiger partial charge in [0, 0.05) is 11.5 Å². The molecule has 0 aliphatic heterocycles. The van der Waals surface area contributed by atoms with Gasteiger partial charge in [0.05, 0.1) is 0 Å². The van der Waals surface area contributed by atoms with Crippen LogP contribution in [0, 0.1) is 17.3 Å². The van der Waals surface area contributed by atoms with Crippen molar-refractivity contribution in [2.45, 2.75) is 47.1 Å². The minimum absolute atomic E-state index is 0.0434. The van der Waals surface area contributed by atoms with Crippen LogP contribution in [0.15, 0.2) is 12.2 Å². The fourth-order valence-corrected chi connectivity index (χ4v) is 0.704. The van der Waals surface area contributed by atoms with E-state index in [1.807, 2.05) is 41.5 Å². The molecule has 2 nitrogen and oxygen atoms in total. The van der Waals surface area contributed by atoms with Crippen LogP contribution in [0.5, 0.6) is 0 Å². The Labute approximate surface area is 92.7 Å². The third kappa shape index (κ3) is 10.7. The van der Waals surface area contributed by atoms with Gasteiger partial charge in [-0.15, -0.1) is 0 Å². The van der Waals surface area contributed by atoms with E-state index in [-0.39, 0.29) is 11.4 Å². The molecule has 15 heavy (non-hydrogen) atoms. The molecule has 0 unspecified atom stereocenters. The lowest BCUT2D eigenvalue weighted by Crippen LogP contribution is -2.22. The number of carbonyl (C=O) groups is 1. The standard InChI is InChI=1S/C13H20O2/c1-12(2,3)10-8-7-9-11(14)15-13(4,5)6/h7,9H,1-6H3. The highest BCUT2D eigenvalue weighted by atomic mass is 16.6. The monoisotopic (exact) mass is 208 g/mol. The molecule has 0 aromatic heterocycles. The summed E-state index contributed by atoms with van der Waals surface area (Å²) >= 11 is 0. The number of allylic oxidation sites excluding steroid dienone is 1. The fraction of sp³-hybridized carbons (Fsp3) is 0.615. The zero-order valence-corrected chi connectivity index (χ0v) is 10.5. The van der Waals surface area contributed by atoms with Crippen LogP contribution in [-0.4, -0.2) is 11.6 Å². The highest BCUT2D eigenvalue weighted by Crippen LogP contribution is 2.09. The van der Waals surface area contributed by atoms with Crippen molar-refractivity contribution in [3.05, 3.63) is 12.2 Å². The van der Waals surface area contributed by atoms with Crippen LogP contribution in [0.25, 0.3) is 0 Å². The third-order valence-corrected chi connectivity index (χ3v) is 1.16. The zero-order valence-electron chi connectivity index (χ0n) is 10.5. The van der Waals surface area contributed by atoms with E-state index in [1.54, 1.807) is 0 Å². The molecule has 0 heterocycles. The van der Waals surface area contributed by atoms with Crippen LogP contribution in [0.2, 0.25) is 0 Å². The van der Waals surface area contributed by atoms with Gasteiger partial charge in [0.1, 0.15) is 5.60 Å². The minimum atomic E-state index is -0.446. The number of esters is 1. The SMILES string of the molecule is CC(C)(C)C#CC=CC(=O)OC(C)(C)C. The first-order valence-electron chi connectivity index (χ1n) is 5.02. The Kier molecular flexibility index (Phi) is 4.61. The Morgan fingerprint density at radius 3 is 2.07 bits per heavy atom. The first-order chi connectivity index (χ1) is 6.60. The van der Waals surface area contributed by atoms with Crippen LogP contribution < -0.4 is 0 Å². The van der Waals surface area contributed by atoms with Crippen LogP contribution in [0.3, 0.4) is 0 Å². The molecule has 0 bridgehead atoms. The van der Waals surface area contributed by atoms with Gasteiger partial charge in [-0.25, -0.2) is 4.79 Å². The molecule has 0 fully saturated rings. The van der Waals surface area contributed by atoms with Crippen LogP contribution in [0.4, 0.5) is 0 Å². The van der Waals surface area contributed by atoms with Gasteiger partial charge in [-0.1, -0.05) is 11.8 Å². The maximum absolute atomic E-state index is 11.2. The van der Waals surface area contributed by atoms with Crippen molar-refractivity contribution in [2.24, 2.45) is 5.41 Å². The normalized spacial score (nSPS) is 12.1. The Hall–Kier alpha value is -1.23. The van der Waals surface area contributed by atoms with Gasteiger partial charge in [-0.3, -0.25) is 0 Å². The molecule has 2 heteroatoms. The smallest absolute Gasteiger partial charge is 0.331 e. The second-order valence-electron chi connectivity index (χ2n) is 5.39. The van der Waals surface area contributed by atoms with E-state index < -0.39 is 5.60 Å².